The summed E-state index contributed by atoms with van der Waals surface area (Å²) in [7, 11) is 0. The summed E-state index contributed by atoms with van der Waals surface area (Å²) in [4.78, 5) is 15.7. The molecular formula is C12H21N3O2. The van der Waals surface area contributed by atoms with Crippen molar-refractivity contribution >= 4 is 5.91 Å². The first-order valence-corrected chi connectivity index (χ1v) is 5.91. The fourth-order valence-electron chi connectivity index (χ4n) is 1.27. The van der Waals surface area contributed by atoms with Gasteiger partial charge in [-0.2, -0.15) is 0 Å². The minimum Gasteiger partial charge on any atom is -0.445 e. The Kier molecular flexibility index (Phi) is 5.15. The summed E-state index contributed by atoms with van der Waals surface area (Å²) in [5.74, 6) is 1.84. The molecule has 0 spiro atoms. The second-order valence-electron chi connectivity index (χ2n) is 4.61. The SMILES string of the molecule is Cc1cnc(CNC(C)C(=O)NCC(C)C)o1. The van der Waals surface area contributed by atoms with Crippen LogP contribution in [0.25, 0.3) is 0 Å². The lowest BCUT2D eigenvalue weighted by atomic mass is 10.2. The van der Waals surface area contributed by atoms with E-state index in [0.717, 1.165) is 5.76 Å². The van der Waals surface area contributed by atoms with Gasteiger partial charge in [0.05, 0.1) is 18.8 Å². The molecule has 0 saturated heterocycles. The number of nitrogens with zero attached hydrogens (tertiary/aromatic N) is 1. The van der Waals surface area contributed by atoms with Crippen LogP contribution in [0, 0.1) is 12.8 Å². The highest BCUT2D eigenvalue weighted by molar-refractivity contribution is 5.81. The van der Waals surface area contributed by atoms with Crippen LogP contribution in [0.2, 0.25) is 0 Å². The molecule has 1 aromatic heterocycles. The molecule has 0 saturated carbocycles. The van der Waals surface area contributed by atoms with Gasteiger partial charge in [-0.25, -0.2) is 4.98 Å². The molecule has 0 bridgehead atoms. The number of aromatic nitrogens is 1. The molecule has 5 heteroatoms. The molecule has 1 amide bonds. The first kappa shape index (κ1) is 13.7. The van der Waals surface area contributed by atoms with Crippen LogP contribution in [0.1, 0.15) is 32.4 Å². The van der Waals surface area contributed by atoms with Crippen LogP contribution in [0.5, 0.6) is 0 Å². The Balaban J connectivity index is 2.29. The maximum absolute atomic E-state index is 11.6. The minimum absolute atomic E-state index is 0.00183. The van der Waals surface area contributed by atoms with E-state index in [1.165, 1.54) is 0 Å². The van der Waals surface area contributed by atoms with Crippen LogP contribution in [-0.2, 0) is 11.3 Å². The van der Waals surface area contributed by atoms with Gasteiger partial charge < -0.3 is 9.73 Å². The van der Waals surface area contributed by atoms with E-state index in [4.69, 9.17) is 4.42 Å². The van der Waals surface area contributed by atoms with Crippen molar-refractivity contribution in [2.24, 2.45) is 5.92 Å². The summed E-state index contributed by atoms with van der Waals surface area (Å²) in [6.45, 7) is 8.95. The van der Waals surface area contributed by atoms with E-state index in [9.17, 15) is 4.79 Å². The Hall–Kier alpha value is -1.36. The lowest BCUT2D eigenvalue weighted by Crippen LogP contribution is -2.43. The molecule has 0 aliphatic rings. The first-order chi connectivity index (χ1) is 7.99. The first-order valence-electron chi connectivity index (χ1n) is 5.91. The van der Waals surface area contributed by atoms with Crippen molar-refractivity contribution < 1.29 is 9.21 Å². The van der Waals surface area contributed by atoms with E-state index in [-0.39, 0.29) is 11.9 Å². The van der Waals surface area contributed by atoms with Crippen molar-refractivity contribution in [3.05, 3.63) is 17.8 Å². The molecule has 1 heterocycles. The number of aryl methyl sites for hydroxylation is 1. The van der Waals surface area contributed by atoms with Crippen molar-refractivity contribution in [3.63, 3.8) is 0 Å². The van der Waals surface area contributed by atoms with Gasteiger partial charge in [0.15, 0.2) is 0 Å². The molecule has 0 aliphatic carbocycles. The summed E-state index contributed by atoms with van der Waals surface area (Å²) < 4.78 is 5.31. The van der Waals surface area contributed by atoms with E-state index in [2.05, 4.69) is 29.5 Å². The third-order valence-electron chi connectivity index (χ3n) is 2.31. The molecule has 2 N–H and O–H groups in total. The average Bonchev–Trinajstić information content (AvgIpc) is 2.68. The zero-order valence-corrected chi connectivity index (χ0v) is 10.9. The van der Waals surface area contributed by atoms with E-state index < -0.39 is 0 Å². The lowest BCUT2D eigenvalue weighted by molar-refractivity contribution is -0.122. The van der Waals surface area contributed by atoms with Crippen LogP contribution < -0.4 is 10.6 Å². The van der Waals surface area contributed by atoms with Crippen molar-refractivity contribution in [3.8, 4) is 0 Å². The van der Waals surface area contributed by atoms with Gasteiger partial charge in [-0.1, -0.05) is 13.8 Å². The summed E-state index contributed by atoms with van der Waals surface area (Å²) in [6, 6.07) is -0.249. The molecular weight excluding hydrogens is 218 g/mol. The fraction of sp³-hybridized carbons (Fsp3) is 0.667. The zero-order valence-electron chi connectivity index (χ0n) is 10.9. The van der Waals surface area contributed by atoms with E-state index in [1.807, 2.05) is 13.8 Å². The van der Waals surface area contributed by atoms with Gasteiger partial charge in [0.25, 0.3) is 0 Å². The average molecular weight is 239 g/mol. The normalized spacial score (nSPS) is 12.8. The third-order valence-corrected chi connectivity index (χ3v) is 2.31. The summed E-state index contributed by atoms with van der Waals surface area (Å²) in [5, 5.41) is 5.94. The second-order valence-corrected chi connectivity index (χ2v) is 4.61. The maximum Gasteiger partial charge on any atom is 0.236 e. The topological polar surface area (TPSA) is 67.2 Å². The molecule has 0 aliphatic heterocycles. The van der Waals surface area contributed by atoms with Crippen molar-refractivity contribution in [2.45, 2.75) is 40.3 Å². The number of amides is 1. The van der Waals surface area contributed by atoms with Gasteiger partial charge in [0.2, 0.25) is 11.8 Å². The molecule has 0 fully saturated rings. The molecule has 1 rings (SSSR count). The Morgan fingerprint density at radius 3 is 2.71 bits per heavy atom. The number of carbonyl (C=O) groups is 1. The fourth-order valence-corrected chi connectivity index (χ4v) is 1.27. The van der Waals surface area contributed by atoms with E-state index in [1.54, 1.807) is 6.20 Å². The van der Waals surface area contributed by atoms with Crippen molar-refractivity contribution in [2.75, 3.05) is 6.54 Å². The van der Waals surface area contributed by atoms with Crippen LogP contribution >= 0.6 is 0 Å². The highest BCUT2D eigenvalue weighted by atomic mass is 16.4. The Morgan fingerprint density at radius 1 is 1.47 bits per heavy atom. The van der Waals surface area contributed by atoms with Crippen LogP contribution in [-0.4, -0.2) is 23.5 Å². The van der Waals surface area contributed by atoms with Gasteiger partial charge in [-0.05, 0) is 19.8 Å². The van der Waals surface area contributed by atoms with Gasteiger partial charge in [0, 0.05) is 6.54 Å². The Bertz CT molecular complexity index is 360. The molecule has 96 valence electrons. The minimum atomic E-state index is -0.249. The predicted molar refractivity (Wildman–Crippen MR) is 65.4 cm³/mol. The van der Waals surface area contributed by atoms with Crippen LogP contribution in [0.4, 0.5) is 0 Å². The van der Waals surface area contributed by atoms with Gasteiger partial charge in [0.1, 0.15) is 5.76 Å². The number of rotatable bonds is 6. The van der Waals surface area contributed by atoms with Crippen molar-refractivity contribution in [1.29, 1.82) is 0 Å². The van der Waals surface area contributed by atoms with E-state index >= 15 is 0 Å². The summed E-state index contributed by atoms with van der Waals surface area (Å²) >= 11 is 0. The molecule has 5 nitrogen and oxygen atoms in total. The van der Waals surface area contributed by atoms with Crippen LogP contribution in [0.3, 0.4) is 0 Å². The smallest absolute Gasteiger partial charge is 0.236 e. The highest BCUT2D eigenvalue weighted by Crippen LogP contribution is 2.01. The second kappa shape index (κ2) is 6.39. The molecule has 1 aromatic rings. The van der Waals surface area contributed by atoms with Gasteiger partial charge in [-0.15, -0.1) is 0 Å². The quantitative estimate of drug-likeness (QED) is 0.783. The maximum atomic E-state index is 11.6. The van der Waals surface area contributed by atoms with Gasteiger partial charge >= 0.3 is 0 Å². The standard InChI is InChI=1S/C12H21N3O2/c1-8(2)5-15-12(16)10(4)13-7-11-14-6-9(3)17-11/h6,8,10,13H,5,7H2,1-4H3,(H,15,16). The number of hydrogen-bond donors (Lipinski definition) is 2. The van der Waals surface area contributed by atoms with E-state index in [0.29, 0.717) is 24.9 Å². The molecule has 1 atom stereocenters. The number of hydrogen-bond acceptors (Lipinski definition) is 4. The number of nitrogens with one attached hydrogen (secondary N) is 2. The highest BCUT2D eigenvalue weighted by Gasteiger charge is 2.13. The molecule has 0 aromatic carbocycles. The molecule has 17 heavy (non-hydrogen) atoms. The zero-order chi connectivity index (χ0) is 12.8. The van der Waals surface area contributed by atoms with Gasteiger partial charge in [-0.3, -0.25) is 10.1 Å². The summed E-state index contributed by atoms with van der Waals surface area (Å²) in [6.07, 6.45) is 1.67. The number of carbonyl (C=O) groups excluding carboxylic acids is 1. The monoisotopic (exact) mass is 239 g/mol. The molecule has 0 radical (unpaired) electrons. The Morgan fingerprint density at radius 2 is 2.18 bits per heavy atom. The van der Waals surface area contributed by atoms with Crippen molar-refractivity contribution in [1.82, 2.24) is 15.6 Å². The third kappa shape index (κ3) is 4.99. The Labute approximate surface area is 102 Å². The largest absolute Gasteiger partial charge is 0.445 e. The summed E-state index contributed by atoms with van der Waals surface area (Å²) in [5.41, 5.74) is 0. The predicted octanol–water partition coefficient (Wildman–Crippen LogP) is 1.23. The molecule has 1 unspecified atom stereocenters. The number of oxazole rings is 1. The lowest BCUT2D eigenvalue weighted by Gasteiger charge is -2.14. The van der Waals surface area contributed by atoms with Crippen LogP contribution in [0.15, 0.2) is 10.6 Å².